The summed E-state index contributed by atoms with van der Waals surface area (Å²) < 4.78 is 0. The van der Waals surface area contributed by atoms with E-state index in [-0.39, 0.29) is 41.4 Å². The van der Waals surface area contributed by atoms with Crippen molar-refractivity contribution in [2.75, 3.05) is 0 Å². The van der Waals surface area contributed by atoms with Gasteiger partial charge < -0.3 is 9.80 Å². The van der Waals surface area contributed by atoms with Crippen LogP contribution in [0.3, 0.4) is 0 Å². The lowest BCUT2D eigenvalue weighted by Crippen LogP contribution is -2.61. The summed E-state index contributed by atoms with van der Waals surface area (Å²) in [5, 5.41) is 0. The van der Waals surface area contributed by atoms with Crippen molar-refractivity contribution in [3.05, 3.63) is 52.5 Å². The van der Waals surface area contributed by atoms with Crippen molar-refractivity contribution in [1.29, 1.82) is 0 Å². The van der Waals surface area contributed by atoms with Crippen LogP contribution in [0.15, 0.2) is 42.0 Å². The number of aromatic nitrogens is 1. The van der Waals surface area contributed by atoms with Crippen LogP contribution in [0.4, 0.5) is 0 Å². The van der Waals surface area contributed by atoms with Gasteiger partial charge in [0.15, 0.2) is 0 Å². The second kappa shape index (κ2) is 7.49. The minimum Gasteiger partial charge on any atom is -0.334 e. The van der Waals surface area contributed by atoms with Crippen molar-refractivity contribution in [2.45, 2.75) is 76.5 Å². The average Bonchev–Trinajstić information content (AvgIpc) is 3.31. The van der Waals surface area contributed by atoms with E-state index in [1.807, 2.05) is 6.07 Å². The van der Waals surface area contributed by atoms with Crippen molar-refractivity contribution < 1.29 is 9.59 Å². The number of nitrogens with zero attached hydrogens (tertiary/aromatic N) is 3. The third-order valence-electron chi connectivity index (χ3n) is 7.74. The maximum Gasteiger partial charge on any atom is 0.266 e. The second-order valence-corrected chi connectivity index (χ2v) is 10.2. The van der Waals surface area contributed by atoms with E-state index >= 15 is 0 Å². The maximum absolute atomic E-state index is 13.7. The molecule has 1 saturated carbocycles. The summed E-state index contributed by atoms with van der Waals surface area (Å²) in [5.74, 6) is 0.241. The number of piperidine rings is 1. The standard InChI is InChI=1S/C24H29N3O2S/c1-16(28)26-18(12-17-8-4-3-5-9-17)19-13-24(2)21(26)10-6-7-11-22(24)27(19)23(29)20-14-25-15-30-20/h3-5,8-9,14-15,18-19,21-22H,6-7,10-13H2,1-2H3/t18-,19-,21+,22-,24+/m0/s1. The molecule has 2 aromatic rings. The molecule has 5 nitrogen and oxygen atoms in total. The smallest absolute Gasteiger partial charge is 0.266 e. The first-order valence-electron chi connectivity index (χ1n) is 11.0. The fraction of sp³-hybridized carbons (Fsp3) is 0.542. The van der Waals surface area contributed by atoms with Gasteiger partial charge in [0, 0.05) is 24.4 Å². The van der Waals surface area contributed by atoms with Gasteiger partial charge >= 0.3 is 0 Å². The largest absolute Gasteiger partial charge is 0.334 e. The summed E-state index contributed by atoms with van der Waals surface area (Å²) in [4.78, 5) is 35.9. The Morgan fingerprint density at radius 2 is 1.83 bits per heavy atom. The molecule has 2 saturated heterocycles. The van der Waals surface area contributed by atoms with Gasteiger partial charge in [-0.15, -0.1) is 11.3 Å². The number of carbonyl (C=O) groups excluding carboxylic acids is 2. The van der Waals surface area contributed by atoms with Crippen LogP contribution >= 0.6 is 11.3 Å². The molecule has 0 spiro atoms. The SMILES string of the molecule is CC(=O)N1[C@@H](Cc2ccccc2)[C@@H]2C[C@@]3(C)[C@H](CCCC[C@@H]13)N2C(=O)c1cncs1. The first kappa shape index (κ1) is 19.7. The van der Waals surface area contributed by atoms with Gasteiger partial charge in [-0.25, -0.2) is 0 Å². The Balaban J connectivity index is 1.61. The minimum absolute atomic E-state index is 0.0166. The number of fused-ring (bicyclic) bond motifs is 1. The van der Waals surface area contributed by atoms with E-state index in [9.17, 15) is 9.59 Å². The maximum atomic E-state index is 13.7. The molecule has 1 aromatic heterocycles. The summed E-state index contributed by atoms with van der Waals surface area (Å²) in [6.45, 7) is 4.04. The second-order valence-electron chi connectivity index (χ2n) is 9.35. The van der Waals surface area contributed by atoms with Gasteiger partial charge in [0.1, 0.15) is 4.88 Å². The molecular weight excluding hydrogens is 394 g/mol. The van der Waals surface area contributed by atoms with Crippen LogP contribution in [-0.4, -0.2) is 50.8 Å². The Hall–Kier alpha value is -2.21. The molecule has 2 amide bonds. The van der Waals surface area contributed by atoms with Crippen LogP contribution in [0.25, 0.3) is 0 Å². The van der Waals surface area contributed by atoms with Gasteiger partial charge in [-0.1, -0.05) is 50.1 Å². The highest BCUT2D eigenvalue weighted by atomic mass is 32.1. The van der Waals surface area contributed by atoms with Crippen LogP contribution in [0.5, 0.6) is 0 Å². The number of hydrogen-bond donors (Lipinski definition) is 0. The van der Waals surface area contributed by atoms with E-state index in [2.05, 4.69) is 46.0 Å². The predicted octanol–water partition coefficient (Wildman–Crippen LogP) is 4.15. The number of rotatable bonds is 3. The number of hydrogen-bond acceptors (Lipinski definition) is 4. The molecule has 2 bridgehead atoms. The van der Waals surface area contributed by atoms with E-state index in [4.69, 9.17) is 0 Å². The molecule has 3 heterocycles. The fourth-order valence-corrected chi connectivity index (χ4v) is 7.11. The summed E-state index contributed by atoms with van der Waals surface area (Å²) in [7, 11) is 0. The van der Waals surface area contributed by atoms with E-state index in [0.29, 0.717) is 4.88 Å². The Morgan fingerprint density at radius 3 is 2.47 bits per heavy atom. The third-order valence-corrected chi connectivity index (χ3v) is 8.50. The van der Waals surface area contributed by atoms with Crippen LogP contribution in [0.2, 0.25) is 0 Å². The zero-order chi connectivity index (χ0) is 20.9. The molecule has 0 N–H and O–H groups in total. The molecule has 1 aromatic carbocycles. The lowest BCUT2D eigenvalue weighted by molar-refractivity contribution is -0.141. The highest BCUT2D eigenvalue weighted by molar-refractivity contribution is 7.11. The monoisotopic (exact) mass is 423 g/mol. The molecule has 5 rings (SSSR count). The molecule has 1 aliphatic carbocycles. The molecule has 158 valence electrons. The predicted molar refractivity (Wildman–Crippen MR) is 117 cm³/mol. The van der Waals surface area contributed by atoms with Crippen LogP contribution in [-0.2, 0) is 11.2 Å². The van der Waals surface area contributed by atoms with Crippen LogP contribution < -0.4 is 0 Å². The first-order valence-corrected chi connectivity index (χ1v) is 11.9. The van der Waals surface area contributed by atoms with Crippen molar-refractivity contribution in [3.63, 3.8) is 0 Å². The van der Waals surface area contributed by atoms with Gasteiger partial charge in [0.05, 0.1) is 23.8 Å². The summed E-state index contributed by atoms with van der Waals surface area (Å²) in [6.07, 6.45) is 7.76. The summed E-state index contributed by atoms with van der Waals surface area (Å²) in [5.41, 5.74) is 2.92. The lowest BCUT2D eigenvalue weighted by Gasteiger charge is -2.50. The Morgan fingerprint density at radius 1 is 1.13 bits per heavy atom. The zero-order valence-corrected chi connectivity index (χ0v) is 18.5. The molecule has 30 heavy (non-hydrogen) atoms. The van der Waals surface area contributed by atoms with Crippen molar-refractivity contribution in [1.82, 2.24) is 14.8 Å². The van der Waals surface area contributed by atoms with Gasteiger partial charge in [0.2, 0.25) is 5.91 Å². The highest BCUT2D eigenvalue weighted by Crippen LogP contribution is 2.56. The van der Waals surface area contributed by atoms with E-state index < -0.39 is 0 Å². The quantitative estimate of drug-likeness (QED) is 0.745. The van der Waals surface area contributed by atoms with Gasteiger partial charge in [0.25, 0.3) is 5.91 Å². The summed E-state index contributed by atoms with van der Waals surface area (Å²) in [6, 6.07) is 10.9. The molecule has 0 radical (unpaired) electrons. The molecule has 3 fully saturated rings. The normalized spacial score (nSPS) is 32.7. The number of amides is 2. The first-order chi connectivity index (χ1) is 14.5. The number of benzene rings is 1. The Labute approximate surface area is 182 Å². The number of carbonyl (C=O) groups is 2. The molecule has 3 aliphatic rings. The van der Waals surface area contributed by atoms with Crippen molar-refractivity contribution in [2.24, 2.45) is 5.41 Å². The van der Waals surface area contributed by atoms with Crippen LogP contribution in [0, 0.1) is 5.41 Å². The topological polar surface area (TPSA) is 53.5 Å². The third kappa shape index (κ3) is 2.99. The molecule has 2 aliphatic heterocycles. The van der Waals surface area contributed by atoms with E-state index in [1.54, 1.807) is 18.6 Å². The van der Waals surface area contributed by atoms with Crippen molar-refractivity contribution in [3.8, 4) is 0 Å². The van der Waals surface area contributed by atoms with E-state index in [0.717, 1.165) is 38.5 Å². The van der Waals surface area contributed by atoms with E-state index in [1.165, 1.54) is 16.9 Å². The molecular formula is C24H29N3O2S. The number of likely N-dealkylation sites (tertiary alicyclic amines) is 2. The van der Waals surface area contributed by atoms with Gasteiger partial charge in [-0.3, -0.25) is 14.6 Å². The Kier molecular flexibility index (Phi) is 4.92. The molecule has 0 unspecified atom stereocenters. The minimum atomic E-state index is -0.0413. The Bertz CT molecular complexity index is 931. The molecule has 6 heteroatoms. The fourth-order valence-electron chi connectivity index (χ4n) is 6.54. The number of thiazole rings is 1. The van der Waals surface area contributed by atoms with Gasteiger partial charge in [-0.05, 0) is 31.2 Å². The van der Waals surface area contributed by atoms with Gasteiger partial charge in [-0.2, -0.15) is 0 Å². The zero-order valence-electron chi connectivity index (χ0n) is 17.7. The van der Waals surface area contributed by atoms with Crippen LogP contribution in [0.1, 0.15) is 61.2 Å². The summed E-state index contributed by atoms with van der Waals surface area (Å²) >= 11 is 1.42. The highest BCUT2D eigenvalue weighted by Gasteiger charge is 2.63. The van der Waals surface area contributed by atoms with Crippen molar-refractivity contribution >= 4 is 23.2 Å². The lowest BCUT2D eigenvalue weighted by atomic mass is 9.69. The molecule has 5 atom stereocenters. The average molecular weight is 424 g/mol.